The van der Waals surface area contributed by atoms with Gasteiger partial charge in [-0.25, -0.2) is 0 Å². The summed E-state index contributed by atoms with van der Waals surface area (Å²) in [5, 5.41) is 0. The molecule has 0 aromatic heterocycles. The molecule has 0 saturated carbocycles. The Morgan fingerprint density at radius 1 is 1.08 bits per heavy atom. The first-order valence-electron chi connectivity index (χ1n) is 5.24. The molecule has 0 aromatic rings. The summed E-state index contributed by atoms with van der Waals surface area (Å²) < 4.78 is 7.20. The second-order valence-electron chi connectivity index (χ2n) is 4.28. The van der Waals surface area contributed by atoms with E-state index in [0.29, 0.717) is 6.98 Å². The van der Waals surface area contributed by atoms with E-state index in [4.69, 9.17) is 0 Å². The van der Waals surface area contributed by atoms with Crippen molar-refractivity contribution in [2.24, 2.45) is 0 Å². The molecule has 1 fully saturated rings. The topological polar surface area (TPSA) is 9.72 Å². The smallest absolute Gasteiger partial charge is 0.289 e. The van der Waals surface area contributed by atoms with E-state index >= 15 is 0 Å². The Balaban J connectivity index is 2.41. The molecule has 1 aliphatic rings. The fourth-order valence-electron chi connectivity index (χ4n) is 2.16. The molecule has 6 heteroatoms. The van der Waals surface area contributed by atoms with Crippen molar-refractivity contribution in [2.45, 2.75) is 26.1 Å². The van der Waals surface area contributed by atoms with Gasteiger partial charge in [-0.3, -0.25) is 0 Å². The third kappa shape index (κ3) is 3.04. The number of rotatable bonds is 3. The van der Waals surface area contributed by atoms with Gasteiger partial charge in [-0.15, -0.1) is 0 Å². The highest BCUT2D eigenvalue weighted by atomic mass is 15.2. The molecule has 13 heavy (non-hydrogen) atoms. The number of nitrogens with zero attached hydrogens (tertiary/aromatic N) is 3. The van der Waals surface area contributed by atoms with Gasteiger partial charge < -0.3 is 14.2 Å². The average molecular weight is 179 g/mol. The molecule has 1 aliphatic heterocycles. The Kier molecular flexibility index (Phi) is 4.36. The van der Waals surface area contributed by atoms with E-state index in [0.717, 1.165) is 15.1 Å². The zero-order valence-electron chi connectivity index (χ0n) is 9.45. The van der Waals surface area contributed by atoms with Crippen LogP contribution in [-0.2, 0) is 0 Å². The molecule has 0 amide bonds. The van der Waals surface area contributed by atoms with Crippen molar-refractivity contribution >= 4 is 22.1 Å². The summed E-state index contributed by atoms with van der Waals surface area (Å²) in [5.74, 6) is 0. The monoisotopic (exact) mass is 179 g/mol. The SMILES string of the molecule is CCCCB1N(C)BN(C)BN1C. The van der Waals surface area contributed by atoms with Gasteiger partial charge in [0, 0.05) is 0 Å². The summed E-state index contributed by atoms with van der Waals surface area (Å²) >= 11 is 0. The molecule has 0 N–H and O–H groups in total. The first kappa shape index (κ1) is 11.2. The van der Waals surface area contributed by atoms with Crippen molar-refractivity contribution in [1.82, 2.24) is 14.2 Å². The Bertz CT molecular complexity index is 146. The van der Waals surface area contributed by atoms with E-state index in [1.165, 1.54) is 19.2 Å². The molecule has 1 heterocycles. The van der Waals surface area contributed by atoms with E-state index in [1.54, 1.807) is 0 Å². The van der Waals surface area contributed by atoms with Crippen LogP contribution in [0.1, 0.15) is 19.8 Å². The van der Waals surface area contributed by atoms with Crippen molar-refractivity contribution < 1.29 is 0 Å². The van der Waals surface area contributed by atoms with Crippen LogP contribution in [0.3, 0.4) is 0 Å². The highest BCUT2D eigenvalue weighted by Gasteiger charge is 2.31. The molecule has 3 nitrogen and oxygen atoms in total. The first-order valence-corrected chi connectivity index (χ1v) is 5.24. The summed E-state index contributed by atoms with van der Waals surface area (Å²) in [6.45, 7) is 2.91. The lowest BCUT2D eigenvalue weighted by atomic mass is 9.56. The van der Waals surface area contributed by atoms with Crippen LogP contribution >= 0.6 is 0 Å². The van der Waals surface area contributed by atoms with E-state index in [9.17, 15) is 0 Å². The van der Waals surface area contributed by atoms with Crippen LogP contribution in [0, 0.1) is 0 Å². The zero-order valence-corrected chi connectivity index (χ0v) is 9.45. The molecule has 0 bridgehead atoms. The molecule has 1 saturated heterocycles. The second kappa shape index (κ2) is 5.08. The van der Waals surface area contributed by atoms with Gasteiger partial charge in [0.25, 0.3) is 22.1 Å². The van der Waals surface area contributed by atoms with Crippen molar-refractivity contribution in [3.05, 3.63) is 0 Å². The molecule has 0 aliphatic carbocycles. The normalized spacial score (nSPS) is 21.4. The molecule has 72 valence electrons. The van der Waals surface area contributed by atoms with Gasteiger partial charge in [-0.05, 0) is 27.5 Å². The molecule has 0 unspecified atom stereocenters. The minimum absolute atomic E-state index is 0.649. The second-order valence-corrected chi connectivity index (χ2v) is 4.28. The first-order chi connectivity index (χ1) is 6.15. The molecule has 0 aromatic carbocycles. The van der Waals surface area contributed by atoms with Crippen LogP contribution in [0.15, 0.2) is 0 Å². The standard InChI is InChI=1S/C7H20B3N3/c1-5-6-7-10-12(3)8-11(2)9-13(10)4/h8-9H,5-7H2,1-4H3. The van der Waals surface area contributed by atoms with Crippen molar-refractivity contribution in [2.75, 3.05) is 21.1 Å². The predicted octanol–water partition coefficient (Wildman–Crippen LogP) is -0.383. The van der Waals surface area contributed by atoms with Crippen LogP contribution in [0.5, 0.6) is 0 Å². The molecule has 1 rings (SSSR count). The van der Waals surface area contributed by atoms with Gasteiger partial charge in [0.1, 0.15) is 0 Å². The Hall–Kier alpha value is 0.0748. The zero-order chi connectivity index (χ0) is 9.84. The Morgan fingerprint density at radius 3 is 2.08 bits per heavy atom. The predicted molar refractivity (Wildman–Crippen MR) is 63.1 cm³/mol. The maximum Gasteiger partial charge on any atom is 0.289 e. The summed E-state index contributed by atoms with van der Waals surface area (Å²) in [6.07, 6.45) is 3.94. The van der Waals surface area contributed by atoms with Gasteiger partial charge in [-0.2, -0.15) is 0 Å². The minimum Gasteiger partial charge on any atom is -0.366 e. The fraction of sp³-hybridized carbons (Fsp3) is 1.00. The quantitative estimate of drug-likeness (QED) is 0.546. The molecule has 0 spiro atoms. The van der Waals surface area contributed by atoms with Crippen LogP contribution in [0.4, 0.5) is 0 Å². The van der Waals surface area contributed by atoms with E-state index in [2.05, 4.69) is 42.2 Å². The molecular formula is C7H20B3N3. The van der Waals surface area contributed by atoms with Gasteiger partial charge >= 0.3 is 0 Å². The minimum atomic E-state index is 0.649. The van der Waals surface area contributed by atoms with E-state index in [-0.39, 0.29) is 0 Å². The maximum absolute atomic E-state index is 2.43. The van der Waals surface area contributed by atoms with Crippen molar-refractivity contribution in [1.29, 1.82) is 0 Å². The Morgan fingerprint density at radius 2 is 1.62 bits per heavy atom. The third-order valence-corrected chi connectivity index (χ3v) is 2.76. The lowest BCUT2D eigenvalue weighted by Crippen LogP contribution is -2.64. The lowest BCUT2D eigenvalue weighted by molar-refractivity contribution is 0.566. The highest BCUT2D eigenvalue weighted by Crippen LogP contribution is 2.10. The number of hydrogen-bond acceptors (Lipinski definition) is 3. The maximum atomic E-state index is 2.43. The van der Waals surface area contributed by atoms with Crippen LogP contribution in [0.25, 0.3) is 0 Å². The van der Waals surface area contributed by atoms with E-state index < -0.39 is 0 Å². The van der Waals surface area contributed by atoms with Gasteiger partial charge in [0.2, 0.25) is 0 Å². The molecule has 0 atom stereocenters. The Labute approximate surface area is 84.1 Å². The van der Waals surface area contributed by atoms with Crippen molar-refractivity contribution in [3.8, 4) is 0 Å². The summed E-state index contributed by atoms with van der Waals surface area (Å²) in [4.78, 5) is 0. The summed E-state index contributed by atoms with van der Waals surface area (Å²) in [6, 6.07) is 0. The summed E-state index contributed by atoms with van der Waals surface area (Å²) in [5.41, 5.74) is 0. The molecule has 0 radical (unpaired) electrons. The number of unbranched alkanes of at least 4 members (excludes halogenated alkanes) is 1. The van der Waals surface area contributed by atoms with Crippen LogP contribution < -0.4 is 0 Å². The highest BCUT2D eigenvalue weighted by molar-refractivity contribution is 6.73. The van der Waals surface area contributed by atoms with Gasteiger partial charge in [0.15, 0.2) is 0 Å². The lowest BCUT2D eigenvalue weighted by Gasteiger charge is -2.41. The van der Waals surface area contributed by atoms with Gasteiger partial charge in [0.05, 0.1) is 0 Å². The van der Waals surface area contributed by atoms with E-state index in [1.807, 2.05) is 0 Å². The van der Waals surface area contributed by atoms with Crippen molar-refractivity contribution in [3.63, 3.8) is 0 Å². The average Bonchev–Trinajstić information content (AvgIpc) is 2.02. The van der Waals surface area contributed by atoms with Gasteiger partial charge in [-0.1, -0.05) is 19.8 Å². The largest absolute Gasteiger partial charge is 0.366 e. The van der Waals surface area contributed by atoms with Crippen LogP contribution in [0.2, 0.25) is 6.32 Å². The third-order valence-electron chi connectivity index (χ3n) is 2.76. The number of hydrogen-bond donors (Lipinski definition) is 0. The summed E-state index contributed by atoms with van der Waals surface area (Å²) in [7, 11) is 8.79. The molecular weight excluding hydrogens is 159 g/mol. The fourth-order valence-corrected chi connectivity index (χ4v) is 2.16. The van der Waals surface area contributed by atoms with Crippen LogP contribution in [-0.4, -0.2) is 57.4 Å².